The van der Waals surface area contributed by atoms with E-state index < -0.39 is 0 Å². The van der Waals surface area contributed by atoms with E-state index in [1.807, 2.05) is 0 Å². The van der Waals surface area contributed by atoms with Crippen LogP contribution in [0.15, 0.2) is 48.5 Å². The van der Waals surface area contributed by atoms with Gasteiger partial charge < -0.3 is 4.74 Å². The summed E-state index contributed by atoms with van der Waals surface area (Å²) in [6.07, 6.45) is 0. The quantitative estimate of drug-likeness (QED) is 0.768. The third-order valence-electron chi connectivity index (χ3n) is 2.56. The highest BCUT2D eigenvalue weighted by atomic mass is 19.1. The lowest BCUT2D eigenvalue weighted by Crippen LogP contribution is -1.97. The molecule has 0 aromatic heterocycles. The van der Waals surface area contributed by atoms with Crippen molar-refractivity contribution in [1.29, 1.82) is 0 Å². The molecule has 18 heavy (non-hydrogen) atoms. The number of carbonyl (C=O) groups excluding carboxylic acids is 1. The number of hydrogen-bond donors (Lipinski definition) is 0. The van der Waals surface area contributed by atoms with E-state index in [9.17, 15) is 9.18 Å². The molecule has 2 aromatic carbocycles. The van der Waals surface area contributed by atoms with E-state index in [1.165, 1.54) is 19.1 Å². The standard InChI is InChI=1S/C15H13FO2/c1-11(17)13-3-2-4-15(9-13)18-10-12-5-7-14(16)8-6-12/h2-9H,10H2,1H3. The second-order valence-corrected chi connectivity index (χ2v) is 4.00. The van der Waals surface area contributed by atoms with E-state index in [1.54, 1.807) is 36.4 Å². The van der Waals surface area contributed by atoms with E-state index in [0.717, 1.165) is 5.56 Å². The van der Waals surface area contributed by atoms with Crippen LogP contribution in [0.3, 0.4) is 0 Å². The molecule has 0 unspecified atom stereocenters. The van der Waals surface area contributed by atoms with Gasteiger partial charge in [-0.05, 0) is 36.8 Å². The highest BCUT2D eigenvalue weighted by molar-refractivity contribution is 5.94. The summed E-state index contributed by atoms with van der Waals surface area (Å²) in [5.41, 5.74) is 1.50. The Bertz CT molecular complexity index is 547. The van der Waals surface area contributed by atoms with Crippen molar-refractivity contribution in [1.82, 2.24) is 0 Å². The van der Waals surface area contributed by atoms with E-state index in [2.05, 4.69) is 0 Å². The number of halogens is 1. The minimum Gasteiger partial charge on any atom is -0.489 e. The SMILES string of the molecule is CC(=O)c1cccc(OCc2ccc(F)cc2)c1. The van der Waals surface area contributed by atoms with Crippen LogP contribution >= 0.6 is 0 Å². The Morgan fingerprint density at radius 1 is 1.17 bits per heavy atom. The van der Waals surface area contributed by atoms with Gasteiger partial charge in [0.2, 0.25) is 0 Å². The minimum atomic E-state index is -0.266. The Morgan fingerprint density at radius 2 is 1.89 bits per heavy atom. The van der Waals surface area contributed by atoms with Crippen LogP contribution in [0.4, 0.5) is 4.39 Å². The Kier molecular flexibility index (Phi) is 3.72. The summed E-state index contributed by atoms with van der Waals surface area (Å²) in [4.78, 5) is 11.2. The number of hydrogen-bond acceptors (Lipinski definition) is 2. The first-order valence-corrected chi connectivity index (χ1v) is 5.63. The summed E-state index contributed by atoms with van der Waals surface area (Å²) in [7, 11) is 0. The second kappa shape index (κ2) is 5.45. The van der Waals surface area contributed by atoms with Crippen molar-refractivity contribution in [3.63, 3.8) is 0 Å². The van der Waals surface area contributed by atoms with Crippen LogP contribution in [0.2, 0.25) is 0 Å². The molecule has 92 valence electrons. The number of benzene rings is 2. The van der Waals surface area contributed by atoms with Gasteiger partial charge in [0.05, 0.1) is 0 Å². The molecule has 0 aliphatic heterocycles. The molecule has 0 saturated heterocycles. The second-order valence-electron chi connectivity index (χ2n) is 4.00. The molecule has 0 spiro atoms. The molecular formula is C15H13FO2. The van der Waals surface area contributed by atoms with Gasteiger partial charge in [-0.2, -0.15) is 0 Å². The van der Waals surface area contributed by atoms with Gasteiger partial charge in [-0.15, -0.1) is 0 Å². The number of ketones is 1. The van der Waals surface area contributed by atoms with Crippen LogP contribution < -0.4 is 4.74 Å². The lowest BCUT2D eigenvalue weighted by molar-refractivity contribution is 0.101. The fourth-order valence-corrected chi connectivity index (χ4v) is 1.55. The molecule has 2 nitrogen and oxygen atoms in total. The van der Waals surface area contributed by atoms with Gasteiger partial charge in [-0.3, -0.25) is 4.79 Å². The van der Waals surface area contributed by atoms with Gasteiger partial charge in [0.15, 0.2) is 5.78 Å². The third-order valence-corrected chi connectivity index (χ3v) is 2.56. The summed E-state index contributed by atoms with van der Waals surface area (Å²) in [6.45, 7) is 1.86. The first-order chi connectivity index (χ1) is 8.65. The first-order valence-electron chi connectivity index (χ1n) is 5.63. The maximum atomic E-state index is 12.7. The zero-order valence-electron chi connectivity index (χ0n) is 10.0. The van der Waals surface area contributed by atoms with E-state index in [0.29, 0.717) is 17.9 Å². The Labute approximate surface area is 105 Å². The van der Waals surface area contributed by atoms with Crippen molar-refractivity contribution in [3.8, 4) is 5.75 Å². The lowest BCUT2D eigenvalue weighted by atomic mass is 10.1. The first kappa shape index (κ1) is 12.3. The molecule has 0 fully saturated rings. The van der Waals surface area contributed by atoms with Crippen molar-refractivity contribution in [2.45, 2.75) is 13.5 Å². The van der Waals surface area contributed by atoms with Gasteiger partial charge >= 0.3 is 0 Å². The molecule has 0 heterocycles. The van der Waals surface area contributed by atoms with Gasteiger partial charge in [-0.1, -0.05) is 24.3 Å². The number of rotatable bonds is 4. The molecule has 3 heteroatoms. The topological polar surface area (TPSA) is 26.3 Å². The molecule has 0 atom stereocenters. The molecule has 2 aromatic rings. The van der Waals surface area contributed by atoms with Crippen molar-refractivity contribution in [2.75, 3.05) is 0 Å². The smallest absolute Gasteiger partial charge is 0.159 e. The van der Waals surface area contributed by atoms with Crippen LogP contribution in [-0.4, -0.2) is 5.78 Å². The molecule has 0 radical (unpaired) electrons. The van der Waals surface area contributed by atoms with Crippen LogP contribution in [0.1, 0.15) is 22.8 Å². The fourth-order valence-electron chi connectivity index (χ4n) is 1.55. The predicted octanol–water partition coefficient (Wildman–Crippen LogP) is 3.61. The summed E-state index contributed by atoms with van der Waals surface area (Å²) in [5.74, 6) is 0.367. The highest BCUT2D eigenvalue weighted by Gasteiger charge is 2.01. The number of ether oxygens (including phenoxy) is 1. The van der Waals surface area contributed by atoms with Crippen LogP contribution in [-0.2, 0) is 6.61 Å². The predicted molar refractivity (Wildman–Crippen MR) is 67.2 cm³/mol. The number of Topliss-reactive ketones (excluding diaryl/α,β-unsaturated/α-hetero) is 1. The number of carbonyl (C=O) groups is 1. The minimum absolute atomic E-state index is 0.00207. The normalized spacial score (nSPS) is 10.1. The van der Waals surface area contributed by atoms with E-state index in [-0.39, 0.29) is 11.6 Å². The van der Waals surface area contributed by atoms with Crippen molar-refractivity contribution < 1.29 is 13.9 Å². The zero-order valence-corrected chi connectivity index (χ0v) is 10.0. The summed E-state index contributed by atoms with van der Waals surface area (Å²) >= 11 is 0. The highest BCUT2D eigenvalue weighted by Crippen LogP contribution is 2.15. The van der Waals surface area contributed by atoms with Crippen molar-refractivity contribution in [2.24, 2.45) is 0 Å². The summed E-state index contributed by atoms with van der Waals surface area (Å²) in [6, 6.07) is 13.1. The Morgan fingerprint density at radius 3 is 2.56 bits per heavy atom. The molecule has 0 amide bonds. The van der Waals surface area contributed by atoms with E-state index in [4.69, 9.17) is 4.74 Å². The molecule has 0 bridgehead atoms. The van der Waals surface area contributed by atoms with Crippen LogP contribution in [0.5, 0.6) is 5.75 Å². The van der Waals surface area contributed by atoms with Crippen LogP contribution in [0.25, 0.3) is 0 Å². The summed E-state index contributed by atoms with van der Waals surface area (Å²) < 4.78 is 18.3. The Balaban J connectivity index is 2.04. The van der Waals surface area contributed by atoms with Gasteiger partial charge in [-0.25, -0.2) is 4.39 Å². The largest absolute Gasteiger partial charge is 0.489 e. The molecule has 0 aliphatic carbocycles. The maximum absolute atomic E-state index is 12.7. The van der Waals surface area contributed by atoms with Gasteiger partial charge in [0.25, 0.3) is 0 Å². The molecule has 0 N–H and O–H groups in total. The third kappa shape index (κ3) is 3.17. The van der Waals surface area contributed by atoms with E-state index >= 15 is 0 Å². The van der Waals surface area contributed by atoms with Crippen LogP contribution in [0, 0.1) is 5.82 Å². The van der Waals surface area contributed by atoms with Gasteiger partial charge in [0.1, 0.15) is 18.2 Å². The average molecular weight is 244 g/mol. The van der Waals surface area contributed by atoms with Crippen molar-refractivity contribution >= 4 is 5.78 Å². The zero-order chi connectivity index (χ0) is 13.0. The molecule has 0 aliphatic rings. The summed E-state index contributed by atoms with van der Waals surface area (Å²) in [5, 5.41) is 0. The maximum Gasteiger partial charge on any atom is 0.159 e. The lowest BCUT2D eigenvalue weighted by Gasteiger charge is -2.07. The molecule has 2 rings (SSSR count). The monoisotopic (exact) mass is 244 g/mol. The average Bonchev–Trinajstić information content (AvgIpc) is 2.38. The molecular weight excluding hydrogens is 231 g/mol. The Hall–Kier alpha value is -2.16. The van der Waals surface area contributed by atoms with Crippen molar-refractivity contribution in [3.05, 3.63) is 65.5 Å². The fraction of sp³-hybridized carbons (Fsp3) is 0.133. The van der Waals surface area contributed by atoms with Gasteiger partial charge in [0, 0.05) is 5.56 Å². The molecule has 0 saturated carbocycles.